The van der Waals surface area contributed by atoms with Gasteiger partial charge in [-0.1, -0.05) is 44.2 Å². The lowest BCUT2D eigenvalue weighted by molar-refractivity contribution is -0.0907. The van der Waals surface area contributed by atoms with E-state index in [1.807, 2.05) is 44.2 Å². The second-order valence-corrected chi connectivity index (χ2v) is 12.8. The molecule has 1 aromatic heterocycles. The van der Waals surface area contributed by atoms with Crippen LogP contribution in [0.5, 0.6) is 0 Å². The van der Waals surface area contributed by atoms with Gasteiger partial charge in [0.2, 0.25) is 10.0 Å². The van der Waals surface area contributed by atoms with Crippen molar-refractivity contribution in [1.29, 1.82) is 0 Å². The van der Waals surface area contributed by atoms with Gasteiger partial charge < -0.3 is 29.1 Å². The van der Waals surface area contributed by atoms with Crippen LogP contribution in [0.2, 0.25) is 0 Å². The Hall–Kier alpha value is -2.96. The number of aliphatic hydroxyl groups is 1. The number of carbonyl (C=O) groups is 1. The number of hydrogen-bond acceptors (Lipinski definition) is 8. The molecule has 2 aliphatic rings. The summed E-state index contributed by atoms with van der Waals surface area (Å²) in [5.41, 5.74) is 1.46. The normalized spacial score (nSPS) is 22.5. The van der Waals surface area contributed by atoms with Gasteiger partial charge in [0.15, 0.2) is 6.29 Å². The first kappa shape index (κ1) is 28.6. The van der Waals surface area contributed by atoms with Crippen LogP contribution in [0.3, 0.4) is 0 Å². The summed E-state index contributed by atoms with van der Waals surface area (Å²) < 4.78 is 50.9. The number of alkyl carbamates (subject to hydrolysis) is 1. The van der Waals surface area contributed by atoms with Crippen molar-refractivity contribution in [2.75, 3.05) is 26.3 Å². The standard InChI is InChI=1S/C29H36N2O8S/c1-19(2)16-31(40(34,35)22-8-9-26-21(15-22)10-12-36-26)17-25(32)24(14-20-6-4-3-5-7-20)30-29(33)39-27-18-38-28-23(27)11-13-37-28/h3-10,12,15,19,23-25,27-28,32H,11,13-14,16-18H2,1-2H3,(H,30,33)/t23-,24-,25+,27?,28+/m0/s1. The zero-order valence-electron chi connectivity index (χ0n) is 22.6. The summed E-state index contributed by atoms with van der Waals surface area (Å²) in [7, 11) is -3.97. The maximum absolute atomic E-state index is 13.8. The van der Waals surface area contributed by atoms with E-state index in [-0.39, 0.29) is 49.1 Å². The Bertz CT molecular complexity index is 1390. The average Bonchev–Trinajstić information content (AvgIpc) is 3.66. The summed E-state index contributed by atoms with van der Waals surface area (Å²) in [6, 6.07) is 15.0. The summed E-state index contributed by atoms with van der Waals surface area (Å²) in [5, 5.41) is 14.9. The fourth-order valence-corrected chi connectivity index (χ4v) is 6.95. The van der Waals surface area contributed by atoms with E-state index in [0.717, 1.165) is 12.0 Å². The zero-order chi connectivity index (χ0) is 28.3. The van der Waals surface area contributed by atoms with E-state index >= 15 is 0 Å². The van der Waals surface area contributed by atoms with E-state index in [9.17, 15) is 18.3 Å². The SMILES string of the molecule is CC(C)CN(C[C@@H](O)[C@H](Cc1ccccc1)NC(=O)OC1CO[C@H]2OCC[C@@H]12)S(=O)(=O)c1ccc2occc2c1. The lowest BCUT2D eigenvalue weighted by atomic mass is 10.0. The molecule has 0 bridgehead atoms. The molecule has 3 heterocycles. The lowest BCUT2D eigenvalue weighted by Gasteiger charge is -2.31. The number of carbonyl (C=O) groups excluding carboxylic acids is 1. The number of aliphatic hydroxyl groups excluding tert-OH is 1. The van der Waals surface area contributed by atoms with Crippen molar-refractivity contribution in [3.8, 4) is 0 Å². The smallest absolute Gasteiger partial charge is 0.407 e. The quantitative estimate of drug-likeness (QED) is 0.357. The van der Waals surface area contributed by atoms with Crippen molar-refractivity contribution in [3.05, 3.63) is 66.4 Å². The molecule has 11 heteroatoms. The number of sulfonamides is 1. The second kappa shape index (κ2) is 12.3. The fourth-order valence-electron chi connectivity index (χ4n) is 5.29. The third-order valence-corrected chi connectivity index (χ3v) is 9.16. The predicted molar refractivity (Wildman–Crippen MR) is 147 cm³/mol. The summed E-state index contributed by atoms with van der Waals surface area (Å²) in [5.74, 6) is -0.0310. The third kappa shape index (κ3) is 6.50. The number of nitrogens with zero attached hydrogens (tertiary/aromatic N) is 1. The maximum atomic E-state index is 13.8. The number of rotatable bonds is 11. The van der Waals surface area contributed by atoms with E-state index in [1.165, 1.54) is 16.6 Å². The van der Waals surface area contributed by atoms with Crippen molar-refractivity contribution in [3.63, 3.8) is 0 Å². The van der Waals surface area contributed by atoms with Crippen LogP contribution in [0.4, 0.5) is 4.79 Å². The summed E-state index contributed by atoms with van der Waals surface area (Å²) in [4.78, 5) is 13.1. The largest absolute Gasteiger partial charge is 0.464 e. The van der Waals surface area contributed by atoms with Gasteiger partial charge >= 0.3 is 6.09 Å². The molecular weight excluding hydrogens is 536 g/mol. The van der Waals surface area contributed by atoms with Gasteiger partial charge in [-0.15, -0.1) is 0 Å². The lowest BCUT2D eigenvalue weighted by Crippen LogP contribution is -2.51. The Labute approximate surface area is 234 Å². The number of fused-ring (bicyclic) bond motifs is 2. The number of furan rings is 1. The van der Waals surface area contributed by atoms with Gasteiger partial charge in [-0.3, -0.25) is 0 Å². The number of hydrogen-bond donors (Lipinski definition) is 2. The van der Waals surface area contributed by atoms with Gasteiger partial charge in [-0.25, -0.2) is 13.2 Å². The molecule has 2 N–H and O–H groups in total. The van der Waals surface area contributed by atoms with Crippen LogP contribution in [0.15, 0.2) is 70.2 Å². The number of ether oxygens (including phenoxy) is 3. The van der Waals surface area contributed by atoms with Crippen LogP contribution in [0.25, 0.3) is 11.0 Å². The van der Waals surface area contributed by atoms with Crippen molar-refractivity contribution in [2.24, 2.45) is 11.8 Å². The summed E-state index contributed by atoms with van der Waals surface area (Å²) in [6.45, 7) is 4.60. The molecule has 0 spiro atoms. The van der Waals surface area contributed by atoms with Gasteiger partial charge in [0.05, 0.1) is 42.4 Å². The molecule has 1 unspecified atom stereocenters. The van der Waals surface area contributed by atoms with Crippen LogP contribution in [0, 0.1) is 11.8 Å². The molecule has 2 aliphatic heterocycles. The average molecular weight is 573 g/mol. The van der Waals surface area contributed by atoms with E-state index in [1.54, 1.807) is 18.2 Å². The molecule has 2 fully saturated rings. The van der Waals surface area contributed by atoms with Crippen molar-refractivity contribution >= 4 is 27.1 Å². The van der Waals surface area contributed by atoms with Crippen LogP contribution in [-0.2, 0) is 30.7 Å². The monoisotopic (exact) mass is 572 g/mol. The molecule has 216 valence electrons. The molecule has 1 amide bonds. The van der Waals surface area contributed by atoms with Crippen LogP contribution < -0.4 is 5.32 Å². The third-order valence-electron chi connectivity index (χ3n) is 7.33. The summed E-state index contributed by atoms with van der Waals surface area (Å²) >= 11 is 0. The van der Waals surface area contributed by atoms with Crippen LogP contribution in [-0.4, -0.2) is 74.8 Å². The van der Waals surface area contributed by atoms with Crippen molar-refractivity contribution in [2.45, 2.75) is 56.1 Å². The molecule has 5 rings (SSSR count). The minimum atomic E-state index is -3.97. The van der Waals surface area contributed by atoms with Gasteiger partial charge in [0.1, 0.15) is 11.7 Å². The van der Waals surface area contributed by atoms with E-state index < -0.39 is 34.4 Å². The Morgan fingerprint density at radius 1 is 1.12 bits per heavy atom. The first-order chi connectivity index (χ1) is 19.2. The zero-order valence-corrected chi connectivity index (χ0v) is 23.5. The van der Waals surface area contributed by atoms with Gasteiger partial charge in [-0.2, -0.15) is 4.31 Å². The number of benzene rings is 2. The summed E-state index contributed by atoms with van der Waals surface area (Å²) in [6.07, 6.45) is -0.189. The minimum absolute atomic E-state index is 0.00549. The van der Waals surface area contributed by atoms with E-state index in [0.29, 0.717) is 17.6 Å². The highest BCUT2D eigenvalue weighted by Crippen LogP contribution is 2.33. The Kier molecular flexibility index (Phi) is 8.77. The van der Waals surface area contributed by atoms with Gasteiger partial charge in [-0.05, 0) is 48.6 Å². The fraction of sp³-hybridized carbons (Fsp3) is 0.483. The molecule has 0 saturated carbocycles. The molecule has 0 aliphatic carbocycles. The Morgan fingerprint density at radius 3 is 2.70 bits per heavy atom. The molecule has 5 atom stereocenters. The molecular formula is C29H36N2O8S. The predicted octanol–water partition coefficient (Wildman–Crippen LogP) is 3.54. The topological polar surface area (TPSA) is 128 Å². The first-order valence-corrected chi connectivity index (χ1v) is 15.0. The van der Waals surface area contributed by atoms with E-state index in [2.05, 4.69) is 5.32 Å². The molecule has 3 aromatic rings. The van der Waals surface area contributed by atoms with Gasteiger partial charge in [0.25, 0.3) is 0 Å². The highest BCUT2D eigenvalue weighted by molar-refractivity contribution is 7.89. The Balaban J connectivity index is 1.34. The van der Waals surface area contributed by atoms with Crippen molar-refractivity contribution < 1.29 is 36.9 Å². The van der Waals surface area contributed by atoms with E-state index in [4.69, 9.17) is 18.6 Å². The second-order valence-electron chi connectivity index (χ2n) is 10.8. The minimum Gasteiger partial charge on any atom is -0.464 e. The molecule has 0 radical (unpaired) electrons. The van der Waals surface area contributed by atoms with Crippen molar-refractivity contribution in [1.82, 2.24) is 9.62 Å². The maximum Gasteiger partial charge on any atom is 0.407 e. The van der Waals surface area contributed by atoms with Crippen LogP contribution in [0.1, 0.15) is 25.8 Å². The molecule has 10 nitrogen and oxygen atoms in total. The molecule has 2 saturated heterocycles. The number of amides is 1. The van der Waals surface area contributed by atoms with Gasteiger partial charge in [0, 0.05) is 18.5 Å². The van der Waals surface area contributed by atoms with Crippen LogP contribution >= 0.6 is 0 Å². The molecule has 40 heavy (non-hydrogen) atoms. The number of nitrogens with one attached hydrogen (secondary N) is 1. The molecule has 2 aromatic carbocycles. The Morgan fingerprint density at radius 2 is 1.93 bits per heavy atom. The first-order valence-electron chi connectivity index (χ1n) is 13.6. The highest BCUT2D eigenvalue weighted by Gasteiger charge is 2.44. The highest BCUT2D eigenvalue weighted by atomic mass is 32.2.